The zero-order valence-electron chi connectivity index (χ0n) is 9.75. The number of nitrogens with zero attached hydrogens (tertiary/aromatic N) is 2. The maximum atomic E-state index is 11.5. The van der Waals surface area contributed by atoms with E-state index in [1.807, 2.05) is 13.0 Å². The first-order valence-electron chi connectivity index (χ1n) is 5.40. The molecule has 0 saturated heterocycles. The van der Waals surface area contributed by atoms with Gasteiger partial charge >= 0.3 is 0 Å². The first-order valence-corrected chi connectivity index (χ1v) is 5.40. The van der Waals surface area contributed by atoms with Crippen LogP contribution in [0.15, 0.2) is 41.5 Å². The quantitative estimate of drug-likeness (QED) is 0.888. The van der Waals surface area contributed by atoms with Crippen LogP contribution in [0.5, 0.6) is 5.75 Å². The van der Waals surface area contributed by atoms with Gasteiger partial charge in [0.05, 0.1) is 11.9 Å². The lowest BCUT2D eigenvalue weighted by atomic mass is 10.2. The van der Waals surface area contributed by atoms with E-state index in [1.165, 1.54) is 6.07 Å². The number of hydrogen-bond acceptors (Lipinski definition) is 4. The van der Waals surface area contributed by atoms with Crippen molar-refractivity contribution in [1.82, 2.24) is 9.97 Å². The molecule has 1 unspecified atom stereocenters. The summed E-state index contributed by atoms with van der Waals surface area (Å²) in [4.78, 5) is 18.0. The summed E-state index contributed by atoms with van der Waals surface area (Å²) in [5.41, 5.74) is 0.298. The average Bonchev–Trinajstić information content (AvgIpc) is 2.39. The summed E-state index contributed by atoms with van der Waals surface area (Å²) in [6.07, 6.45) is 2.92. The summed E-state index contributed by atoms with van der Waals surface area (Å²) in [5.74, 6) is 0.621. The number of aromatic nitrogens is 2. The molecular formula is C13H11N3O2. The molecule has 0 radical (unpaired) electrons. The lowest BCUT2D eigenvalue weighted by molar-refractivity contribution is 0.221. The van der Waals surface area contributed by atoms with Gasteiger partial charge in [0.15, 0.2) is 0 Å². The third-order valence-electron chi connectivity index (χ3n) is 2.44. The van der Waals surface area contributed by atoms with Crippen molar-refractivity contribution in [3.05, 3.63) is 58.3 Å². The maximum absolute atomic E-state index is 11.5. The van der Waals surface area contributed by atoms with Crippen molar-refractivity contribution < 1.29 is 4.74 Å². The zero-order chi connectivity index (χ0) is 13.0. The standard InChI is InChI=1S/C13H11N3O2/c1-9(18-11-3-2-6-15-8-11)12-5-4-10(7-14)13(17)16-12/h2-6,8-9H,1H3,(H,16,17). The minimum absolute atomic E-state index is 0.0901. The molecule has 0 aliphatic carbocycles. The van der Waals surface area contributed by atoms with Gasteiger partial charge in [-0.25, -0.2) is 0 Å². The molecule has 0 saturated carbocycles. The Hall–Kier alpha value is -2.61. The average molecular weight is 241 g/mol. The molecule has 5 nitrogen and oxygen atoms in total. The summed E-state index contributed by atoms with van der Waals surface area (Å²) >= 11 is 0. The molecule has 90 valence electrons. The van der Waals surface area contributed by atoms with Crippen molar-refractivity contribution in [2.45, 2.75) is 13.0 Å². The molecule has 0 spiro atoms. The highest BCUT2D eigenvalue weighted by atomic mass is 16.5. The Kier molecular flexibility index (Phi) is 3.39. The van der Waals surface area contributed by atoms with Gasteiger partial charge in [-0.3, -0.25) is 9.78 Å². The van der Waals surface area contributed by atoms with Crippen LogP contribution in [0.1, 0.15) is 24.3 Å². The molecule has 2 rings (SSSR count). The van der Waals surface area contributed by atoms with Gasteiger partial charge in [-0.15, -0.1) is 0 Å². The van der Waals surface area contributed by atoms with Crippen LogP contribution in [-0.4, -0.2) is 9.97 Å². The van der Waals surface area contributed by atoms with Crippen LogP contribution in [0.25, 0.3) is 0 Å². The Morgan fingerprint density at radius 2 is 2.28 bits per heavy atom. The van der Waals surface area contributed by atoms with E-state index in [9.17, 15) is 4.79 Å². The van der Waals surface area contributed by atoms with Crippen molar-refractivity contribution in [2.75, 3.05) is 0 Å². The Morgan fingerprint density at radius 3 is 2.89 bits per heavy atom. The highest BCUT2D eigenvalue weighted by Gasteiger charge is 2.09. The first kappa shape index (κ1) is 11.9. The summed E-state index contributed by atoms with van der Waals surface area (Å²) < 4.78 is 5.61. The third kappa shape index (κ3) is 2.55. The van der Waals surface area contributed by atoms with Gasteiger partial charge in [0.1, 0.15) is 23.5 Å². The van der Waals surface area contributed by atoms with Crippen molar-refractivity contribution in [3.8, 4) is 11.8 Å². The fourth-order valence-corrected chi connectivity index (χ4v) is 1.50. The van der Waals surface area contributed by atoms with Crippen LogP contribution < -0.4 is 10.3 Å². The maximum Gasteiger partial charge on any atom is 0.266 e. The normalized spacial score (nSPS) is 11.6. The van der Waals surface area contributed by atoms with E-state index in [4.69, 9.17) is 10.00 Å². The number of pyridine rings is 2. The van der Waals surface area contributed by atoms with E-state index in [1.54, 1.807) is 30.6 Å². The highest BCUT2D eigenvalue weighted by molar-refractivity contribution is 5.27. The molecule has 2 heterocycles. The second-order valence-corrected chi connectivity index (χ2v) is 3.72. The molecule has 1 atom stereocenters. The Balaban J connectivity index is 2.20. The summed E-state index contributed by atoms with van der Waals surface area (Å²) in [6.45, 7) is 1.81. The Morgan fingerprint density at radius 1 is 1.44 bits per heavy atom. The third-order valence-corrected chi connectivity index (χ3v) is 2.44. The minimum atomic E-state index is -0.406. The molecule has 2 aromatic rings. The fourth-order valence-electron chi connectivity index (χ4n) is 1.50. The van der Waals surface area contributed by atoms with Gasteiger partial charge in [-0.2, -0.15) is 5.26 Å². The minimum Gasteiger partial charge on any atom is -0.483 e. The lowest BCUT2D eigenvalue weighted by Crippen LogP contribution is -2.15. The van der Waals surface area contributed by atoms with Gasteiger partial charge in [0, 0.05) is 6.20 Å². The number of hydrogen-bond donors (Lipinski definition) is 1. The largest absolute Gasteiger partial charge is 0.483 e. The monoisotopic (exact) mass is 241 g/mol. The van der Waals surface area contributed by atoms with Crippen LogP contribution in [0.3, 0.4) is 0 Å². The molecule has 2 aromatic heterocycles. The van der Waals surface area contributed by atoms with E-state index in [2.05, 4.69) is 9.97 Å². The molecule has 0 aliphatic rings. The van der Waals surface area contributed by atoms with Crippen LogP contribution in [0.2, 0.25) is 0 Å². The summed E-state index contributed by atoms with van der Waals surface area (Å²) in [5, 5.41) is 8.67. The molecule has 1 N–H and O–H groups in total. The van der Waals surface area contributed by atoms with Crippen LogP contribution in [0.4, 0.5) is 0 Å². The van der Waals surface area contributed by atoms with Crippen molar-refractivity contribution >= 4 is 0 Å². The molecular weight excluding hydrogens is 230 g/mol. The number of nitriles is 1. The summed E-state index contributed by atoms with van der Waals surface area (Å²) in [6, 6.07) is 8.52. The Bertz CT molecular complexity index is 629. The lowest BCUT2D eigenvalue weighted by Gasteiger charge is -2.14. The van der Waals surface area contributed by atoms with Crippen LogP contribution in [-0.2, 0) is 0 Å². The number of H-pyrrole nitrogens is 1. The zero-order valence-corrected chi connectivity index (χ0v) is 9.75. The van der Waals surface area contributed by atoms with E-state index in [-0.39, 0.29) is 11.7 Å². The second kappa shape index (κ2) is 5.15. The predicted octanol–water partition coefficient (Wildman–Crippen LogP) is 1.78. The van der Waals surface area contributed by atoms with E-state index in [0.717, 1.165) is 0 Å². The molecule has 0 aromatic carbocycles. The molecule has 0 amide bonds. The van der Waals surface area contributed by atoms with Crippen LogP contribution in [0, 0.1) is 11.3 Å². The number of ether oxygens (including phenoxy) is 1. The smallest absolute Gasteiger partial charge is 0.266 e. The molecule has 5 heteroatoms. The van der Waals surface area contributed by atoms with Crippen LogP contribution >= 0.6 is 0 Å². The fraction of sp³-hybridized carbons (Fsp3) is 0.154. The molecule has 0 fully saturated rings. The van der Waals surface area contributed by atoms with E-state index in [0.29, 0.717) is 11.4 Å². The number of rotatable bonds is 3. The van der Waals surface area contributed by atoms with Gasteiger partial charge in [0.2, 0.25) is 0 Å². The number of aromatic amines is 1. The molecule has 0 aliphatic heterocycles. The molecule has 18 heavy (non-hydrogen) atoms. The van der Waals surface area contributed by atoms with Gasteiger partial charge in [-0.1, -0.05) is 0 Å². The topological polar surface area (TPSA) is 78.8 Å². The second-order valence-electron chi connectivity index (χ2n) is 3.72. The van der Waals surface area contributed by atoms with E-state index >= 15 is 0 Å². The van der Waals surface area contributed by atoms with Crippen molar-refractivity contribution in [1.29, 1.82) is 5.26 Å². The number of nitrogens with one attached hydrogen (secondary N) is 1. The SMILES string of the molecule is CC(Oc1cccnc1)c1ccc(C#N)c(=O)[nH]1. The molecule has 0 bridgehead atoms. The first-order chi connectivity index (χ1) is 8.70. The predicted molar refractivity (Wildman–Crippen MR) is 65.1 cm³/mol. The summed E-state index contributed by atoms with van der Waals surface area (Å²) in [7, 11) is 0. The van der Waals surface area contributed by atoms with Gasteiger partial charge < -0.3 is 9.72 Å². The van der Waals surface area contributed by atoms with Crippen molar-refractivity contribution in [2.24, 2.45) is 0 Å². The van der Waals surface area contributed by atoms with E-state index < -0.39 is 5.56 Å². The van der Waals surface area contributed by atoms with Gasteiger partial charge in [-0.05, 0) is 31.2 Å². The van der Waals surface area contributed by atoms with Gasteiger partial charge in [0.25, 0.3) is 5.56 Å². The van der Waals surface area contributed by atoms with Crippen molar-refractivity contribution in [3.63, 3.8) is 0 Å². The Labute approximate surface area is 104 Å². The highest BCUT2D eigenvalue weighted by Crippen LogP contribution is 2.18.